The zero-order valence-electron chi connectivity index (χ0n) is 24.9. The van der Waals surface area contributed by atoms with E-state index in [-0.39, 0.29) is 46.3 Å². The number of benzene rings is 5. The molecule has 0 saturated carbocycles. The van der Waals surface area contributed by atoms with E-state index in [9.17, 15) is 24.4 Å². The molecule has 0 aliphatic carbocycles. The van der Waals surface area contributed by atoms with Gasteiger partial charge in [0.05, 0.1) is 23.8 Å². The van der Waals surface area contributed by atoms with Gasteiger partial charge in [-0.2, -0.15) is 5.26 Å². The molecule has 0 fully saturated rings. The van der Waals surface area contributed by atoms with Gasteiger partial charge >= 0.3 is 0 Å². The first-order chi connectivity index (χ1) is 21.2. The normalized spacial score (nSPS) is 16.0. The topological polar surface area (TPSA) is 103 Å². The van der Waals surface area contributed by atoms with Crippen LogP contribution in [0.3, 0.4) is 0 Å². The van der Waals surface area contributed by atoms with Gasteiger partial charge in [0.15, 0.2) is 5.69 Å². The molecule has 0 saturated heterocycles. The van der Waals surface area contributed by atoms with Crippen molar-refractivity contribution in [2.75, 3.05) is 0 Å². The van der Waals surface area contributed by atoms with Gasteiger partial charge in [-0.3, -0.25) is 29.0 Å². The molecule has 5 aromatic rings. The van der Waals surface area contributed by atoms with Crippen LogP contribution in [-0.4, -0.2) is 45.5 Å². The minimum absolute atomic E-state index is 0.230. The Hall–Kier alpha value is -5.34. The Morgan fingerprint density at radius 3 is 1.61 bits per heavy atom. The molecule has 4 amide bonds. The maximum absolute atomic E-state index is 13.9. The van der Waals surface area contributed by atoms with Gasteiger partial charge in [-0.1, -0.05) is 38.8 Å². The molecule has 8 nitrogen and oxygen atoms in total. The largest absolute Gasteiger partial charge is 0.272 e. The predicted molar refractivity (Wildman–Crippen MR) is 168 cm³/mol. The molecule has 0 aromatic heterocycles. The van der Waals surface area contributed by atoms with Gasteiger partial charge < -0.3 is 0 Å². The Bertz CT molecular complexity index is 2090. The van der Waals surface area contributed by atoms with E-state index in [0.29, 0.717) is 67.1 Å². The van der Waals surface area contributed by atoms with E-state index in [4.69, 9.17) is 6.57 Å². The van der Waals surface area contributed by atoms with Crippen LogP contribution in [0.2, 0.25) is 0 Å². The average molecular weight is 581 g/mol. The molecule has 5 aromatic carbocycles. The van der Waals surface area contributed by atoms with Gasteiger partial charge in [-0.05, 0) is 77.9 Å². The molecule has 0 spiro atoms. The van der Waals surface area contributed by atoms with Crippen LogP contribution < -0.4 is 0 Å². The first-order valence-electron chi connectivity index (χ1n) is 15.0. The second-order valence-electron chi connectivity index (χ2n) is 11.9. The highest BCUT2D eigenvalue weighted by atomic mass is 16.2. The second-order valence-corrected chi connectivity index (χ2v) is 11.9. The quantitative estimate of drug-likeness (QED) is 0.0885. The number of carbonyl (C=O) groups is 4. The molecule has 0 unspecified atom stereocenters. The summed E-state index contributed by atoms with van der Waals surface area (Å²) in [6, 6.07) is 11.7. The molecule has 0 N–H and O–H groups in total. The summed E-state index contributed by atoms with van der Waals surface area (Å²) < 4.78 is 0. The Morgan fingerprint density at radius 2 is 1.14 bits per heavy atom. The Kier molecular flexibility index (Phi) is 5.99. The SMILES string of the molecule is [C-]#[N+]c1cc2c3c(ccc4c5c(C#N)cc6c7c(ccc(c1c34)c75)C(=O)N([C@@H](C)CCC)C6=O)C(=O)N([C@@H](C)CCC)C2=O. The average Bonchev–Trinajstić information content (AvgIpc) is 3.01. The monoisotopic (exact) mass is 580 g/mol. The van der Waals surface area contributed by atoms with Crippen LogP contribution in [0, 0.1) is 17.9 Å². The summed E-state index contributed by atoms with van der Waals surface area (Å²) in [6.07, 6.45) is 2.90. The Labute approximate surface area is 253 Å². The molecule has 2 aliphatic heterocycles. The van der Waals surface area contributed by atoms with E-state index in [2.05, 4.69) is 10.9 Å². The van der Waals surface area contributed by atoms with Crippen LogP contribution >= 0.6 is 0 Å². The second kappa shape index (κ2) is 9.59. The summed E-state index contributed by atoms with van der Waals surface area (Å²) in [7, 11) is 0. The number of amides is 4. The molecule has 216 valence electrons. The van der Waals surface area contributed by atoms with Crippen molar-refractivity contribution in [3.8, 4) is 6.07 Å². The highest BCUT2D eigenvalue weighted by molar-refractivity contribution is 6.43. The molecular formula is C36H28N4O4. The van der Waals surface area contributed by atoms with Crippen molar-refractivity contribution in [1.82, 2.24) is 9.80 Å². The highest BCUT2D eigenvalue weighted by Crippen LogP contribution is 2.50. The number of hydrogen-bond acceptors (Lipinski definition) is 5. The summed E-state index contributed by atoms with van der Waals surface area (Å²) in [4.78, 5) is 61.9. The Balaban J connectivity index is 1.65. The first-order valence-corrected chi connectivity index (χ1v) is 15.0. The number of nitrogens with zero attached hydrogens (tertiary/aromatic N) is 4. The van der Waals surface area contributed by atoms with Crippen LogP contribution in [-0.2, 0) is 0 Å². The van der Waals surface area contributed by atoms with Crippen molar-refractivity contribution < 1.29 is 19.2 Å². The van der Waals surface area contributed by atoms with E-state index in [1.807, 2.05) is 27.7 Å². The van der Waals surface area contributed by atoms with Gasteiger partial charge in [0, 0.05) is 44.9 Å². The van der Waals surface area contributed by atoms with Crippen molar-refractivity contribution >= 4 is 72.4 Å². The number of nitriles is 1. The Morgan fingerprint density at radius 1 is 0.682 bits per heavy atom. The molecule has 8 heteroatoms. The zero-order chi connectivity index (χ0) is 31.2. The number of hydrogen-bond donors (Lipinski definition) is 0. The maximum Gasteiger partial charge on any atom is 0.261 e. The highest BCUT2D eigenvalue weighted by Gasteiger charge is 2.40. The first kappa shape index (κ1) is 27.5. The van der Waals surface area contributed by atoms with Gasteiger partial charge in [-0.15, -0.1) is 0 Å². The number of imide groups is 2. The van der Waals surface area contributed by atoms with Crippen molar-refractivity contribution in [3.63, 3.8) is 0 Å². The van der Waals surface area contributed by atoms with Crippen LogP contribution in [0.4, 0.5) is 5.69 Å². The van der Waals surface area contributed by atoms with E-state index in [1.165, 1.54) is 9.80 Å². The van der Waals surface area contributed by atoms with E-state index in [1.54, 1.807) is 36.4 Å². The van der Waals surface area contributed by atoms with Crippen LogP contribution in [0.25, 0.3) is 47.9 Å². The molecular weight excluding hydrogens is 552 g/mol. The molecule has 2 atom stereocenters. The van der Waals surface area contributed by atoms with Crippen molar-refractivity contribution in [2.45, 2.75) is 65.5 Å². The summed E-state index contributed by atoms with van der Waals surface area (Å²) in [5.41, 5.74) is 1.79. The maximum atomic E-state index is 13.9. The fraction of sp³-hybridized carbons (Fsp3) is 0.278. The zero-order valence-corrected chi connectivity index (χ0v) is 24.9. The van der Waals surface area contributed by atoms with Crippen LogP contribution in [0.1, 0.15) is 100 Å². The molecule has 7 rings (SSSR count). The van der Waals surface area contributed by atoms with Crippen molar-refractivity contribution in [1.29, 1.82) is 5.26 Å². The summed E-state index contributed by atoms with van der Waals surface area (Å²) in [5.74, 6) is -1.65. The number of carbonyl (C=O) groups excluding carboxylic acids is 4. The molecule has 44 heavy (non-hydrogen) atoms. The third kappa shape index (κ3) is 3.31. The van der Waals surface area contributed by atoms with Gasteiger partial charge in [0.2, 0.25) is 0 Å². The molecule has 2 aliphatic rings. The standard InChI is InChI=1S/C36H28N4O4/c1-6-8-17(3)39-33(41)22-13-11-21-30-26(38-5)15-25-29-23(34(42)40(36(25)44)18(4)9-7-2)12-10-20(32(29)30)27-19(16-37)14-24(35(39)43)28(22)31(21)27/h10-15,17-18H,6-9H2,1-4H3/t17-,18-/m0/s1. The van der Waals surface area contributed by atoms with Crippen molar-refractivity contribution in [2.24, 2.45) is 0 Å². The minimum Gasteiger partial charge on any atom is -0.272 e. The van der Waals surface area contributed by atoms with E-state index in [0.717, 1.165) is 12.8 Å². The van der Waals surface area contributed by atoms with E-state index < -0.39 is 11.8 Å². The third-order valence-corrected chi connectivity index (χ3v) is 9.42. The van der Waals surface area contributed by atoms with Gasteiger partial charge in [-0.25, -0.2) is 4.85 Å². The fourth-order valence-corrected chi connectivity index (χ4v) is 7.55. The predicted octanol–water partition coefficient (Wildman–Crippen LogP) is 7.73. The minimum atomic E-state index is -0.442. The molecule has 0 radical (unpaired) electrons. The van der Waals surface area contributed by atoms with Gasteiger partial charge in [0.25, 0.3) is 23.6 Å². The summed E-state index contributed by atoms with van der Waals surface area (Å²) >= 11 is 0. The fourth-order valence-electron chi connectivity index (χ4n) is 7.55. The lowest BCUT2D eigenvalue weighted by atomic mass is 9.80. The van der Waals surface area contributed by atoms with Crippen molar-refractivity contribution in [3.05, 3.63) is 75.6 Å². The van der Waals surface area contributed by atoms with E-state index >= 15 is 0 Å². The summed E-state index contributed by atoms with van der Waals surface area (Å²) in [5, 5.41) is 14.7. The smallest absolute Gasteiger partial charge is 0.261 e. The molecule has 0 bridgehead atoms. The lowest BCUT2D eigenvalue weighted by Gasteiger charge is -2.34. The molecule has 2 heterocycles. The van der Waals surface area contributed by atoms with Crippen LogP contribution in [0.5, 0.6) is 0 Å². The lowest BCUT2D eigenvalue weighted by molar-refractivity contribution is 0.0528. The van der Waals surface area contributed by atoms with Gasteiger partial charge in [0.1, 0.15) is 0 Å². The third-order valence-electron chi connectivity index (χ3n) is 9.42. The lowest BCUT2D eigenvalue weighted by Crippen LogP contribution is -2.46. The summed E-state index contributed by atoms with van der Waals surface area (Å²) in [6.45, 7) is 15.8. The number of fused-ring (bicyclic) bond motifs is 2. The number of rotatable bonds is 6. The van der Waals surface area contributed by atoms with Crippen LogP contribution in [0.15, 0.2) is 36.4 Å².